The topological polar surface area (TPSA) is 41.1 Å². The highest BCUT2D eigenvalue weighted by molar-refractivity contribution is 5.51. The molecule has 19 heavy (non-hydrogen) atoms. The molecule has 0 amide bonds. The molecule has 2 heterocycles. The molecule has 1 unspecified atom stereocenters. The summed E-state index contributed by atoms with van der Waals surface area (Å²) < 4.78 is 0. The van der Waals surface area contributed by atoms with Crippen molar-refractivity contribution in [2.45, 2.75) is 58.5 Å². The van der Waals surface area contributed by atoms with Crippen molar-refractivity contribution in [3.05, 3.63) is 17.7 Å². The van der Waals surface area contributed by atoms with Crippen LogP contribution in [0.25, 0.3) is 0 Å². The molecule has 2 rings (SSSR count). The lowest BCUT2D eigenvalue weighted by Gasteiger charge is -2.27. The third kappa shape index (κ3) is 3.06. The van der Waals surface area contributed by atoms with Gasteiger partial charge in [-0.3, -0.25) is 0 Å². The highest BCUT2D eigenvalue weighted by Gasteiger charge is 2.25. The number of nitrogens with zero attached hydrogens (tertiary/aromatic N) is 3. The zero-order chi connectivity index (χ0) is 13.8. The highest BCUT2D eigenvalue weighted by Crippen LogP contribution is 2.29. The molecule has 1 atom stereocenters. The molecule has 1 N–H and O–H groups in total. The second-order valence-corrected chi connectivity index (χ2v) is 5.64. The summed E-state index contributed by atoms with van der Waals surface area (Å²) in [6.07, 6.45) is 5.80. The van der Waals surface area contributed by atoms with Crippen LogP contribution in [-0.2, 0) is 6.54 Å². The van der Waals surface area contributed by atoms with Crippen LogP contribution in [0.15, 0.2) is 6.20 Å². The van der Waals surface area contributed by atoms with Gasteiger partial charge in [0.05, 0.1) is 17.6 Å². The van der Waals surface area contributed by atoms with E-state index in [-0.39, 0.29) is 0 Å². The zero-order valence-electron chi connectivity index (χ0n) is 12.6. The van der Waals surface area contributed by atoms with E-state index in [1.54, 1.807) is 0 Å². The molecule has 106 valence electrons. The largest absolute Gasteiger partial charge is 0.366 e. The summed E-state index contributed by atoms with van der Waals surface area (Å²) in [7, 11) is 1.97. The fraction of sp³-hybridized carbons (Fsp3) is 0.733. The zero-order valence-corrected chi connectivity index (χ0v) is 12.6. The molecule has 1 aromatic rings. The van der Waals surface area contributed by atoms with E-state index >= 15 is 0 Å². The number of aromatic nitrogens is 2. The number of anilines is 1. The monoisotopic (exact) mass is 262 g/mol. The van der Waals surface area contributed by atoms with Crippen LogP contribution in [-0.4, -0.2) is 29.6 Å². The van der Waals surface area contributed by atoms with Crippen LogP contribution in [0, 0.1) is 0 Å². The first-order valence-corrected chi connectivity index (χ1v) is 7.44. The molecule has 4 heteroatoms. The van der Waals surface area contributed by atoms with Crippen molar-refractivity contribution in [1.82, 2.24) is 15.3 Å². The first-order chi connectivity index (χ1) is 9.17. The second kappa shape index (κ2) is 6.33. The van der Waals surface area contributed by atoms with Gasteiger partial charge in [-0.25, -0.2) is 9.97 Å². The van der Waals surface area contributed by atoms with Gasteiger partial charge in [0, 0.05) is 25.0 Å². The van der Waals surface area contributed by atoms with Crippen molar-refractivity contribution >= 4 is 5.69 Å². The molecule has 0 aromatic carbocycles. The van der Waals surface area contributed by atoms with E-state index in [9.17, 15) is 0 Å². The number of hydrogen-bond acceptors (Lipinski definition) is 4. The van der Waals surface area contributed by atoms with E-state index in [0.717, 1.165) is 24.6 Å². The van der Waals surface area contributed by atoms with Crippen molar-refractivity contribution in [2.24, 2.45) is 0 Å². The minimum Gasteiger partial charge on any atom is -0.366 e. The number of hydrogen-bond donors (Lipinski definition) is 1. The van der Waals surface area contributed by atoms with Gasteiger partial charge in [0.15, 0.2) is 0 Å². The average molecular weight is 262 g/mol. The van der Waals surface area contributed by atoms with Gasteiger partial charge in [0.2, 0.25) is 0 Å². The van der Waals surface area contributed by atoms with E-state index in [1.807, 2.05) is 13.2 Å². The normalized spacial score (nSPS) is 19.4. The summed E-state index contributed by atoms with van der Waals surface area (Å²) in [4.78, 5) is 11.8. The third-order valence-electron chi connectivity index (χ3n) is 3.88. The quantitative estimate of drug-likeness (QED) is 0.886. The van der Waals surface area contributed by atoms with Crippen molar-refractivity contribution < 1.29 is 0 Å². The molecular formula is C15H26N4. The van der Waals surface area contributed by atoms with Crippen molar-refractivity contribution in [2.75, 3.05) is 18.5 Å². The average Bonchev–Trinajstić information content (AvgIpc) is 2.87. The Morgan fingerprint density at radius 1 is 1.47 bits per heavy atom. The Hall–Kier alpha value is -1.16. The maximum Gasteiger partial charge on any atom is 0.131 e. The second-order valence-electron chi connectivity index (χ2n) is 5.64. The minimum atomic E-state index is 0.380. The van der Waals surface area contributed by atoms with Gasteiger partial charge in [0.1, 0.15) is 5.82 Å². The van der Waals surface area contributed by atoms with Gasteiger partial charge in [-0.15, -0.1) is 0 Å². The molecule has 1 saturated heterocycles. The molecule has 1 aromatic heterocycles. The van der Waals surface area contributed by atoms with Gasteiger partial charge in [-0.2, -0.15) is 0 Å². The fourth-order valence-electron chi connectivity index (χ4n) is 2.82. The molecule has 4 nitrogen and oxygen atoms in total. The van der Waals surface area contributed by atoms with E-state index < -0.39 is 0 Å². The van der Waals surface area contributed by atoms with Crippen molar-refractivity contribution in [1.29, 1.82) is 0 Å². The maximum absolute atomic E-state index is 4.76. The summed E-state index contributed by atoms with van der Waals surface area (Å²) in [5, 5.41) is 3.23. The standard InChI is InChI=1S/C15H26N4/c1-5-12-7-6-8-19(12)14-10-17-15(11(2)3)18-13(14)9-16-4/h10-12,16H,5-9H2,1-4H3. The Balaban J connectivity index is 2.33. The van der Waals surface area contributed by atoms with Crippen LogP contribution < -0.4 is 10.2 Å². The predicted octanol–water partition coefficient (Wildman–Crippen LogP) is 2.70. The summed E-state index contributed by atoms with van der Waals surface area (Å²) >= 11 is 0. The van der Waals surface area contributed by atoms with E-state index in [4.69, 9.17) is 4.98 Å². The lowest BCUT2D eigenvalue weighted by molar-refractivity contribution is 0.635. The van der Waals surface area contributed by atoms with Gasteiger partial charge in [-0.1, -0.05) is 20.8 Å². The molecule has 0 aliphatic carbocycles. The first-order valence-electron chi connectivity index (χ1n) is 7.44. The molecule has 0 spiro atoms. The third-order valence-corrected chi connectivity index (χ3v) is 3.88. The lowest BCUT2D eigenvalue weighted by atomic mass is 10.1. The smallest absolute Gasteiger partial charge is 0.131 e. The Bertz CT molecular complexity index is 417. The molecule has 0 bridgehead atoms. The van der Waals surface area contributed by atoms with Crippen LogP contribution in [0.5, 0.6) is 0 Å². The minimum absolute atomic E-state index is 0.380. The van der Waals surface area contributed by atoms with E-state index in [1.165, 1.54) is 24.9 Å². The van der Waals surface area contributed by atoms with E-state index in [0.29, 0.717) is 12.0 Å². The van der Waals surface area contributed by atoms with Crippen LogP contribution in [0.4, 0.5) is 5.69 Å². The van der Waals surface area contributed by atoms with Crippen LogP contribution in [0.3, 0.4) is 0 Å². The maximum atomic E-state index is 4.76. The first kappa shape index (κ1) is 14.3. The SMILES string of the molecule is CCC1CCCN1c1cnc(C(C)C)nc1CNC. The summed E-state index contributed by atoms with van der Waals surface area (Å²) in [6, 6.07) is 0.657. The van der Waals surface area contributed by atoms with E-state index in [2.05, 4.69) is 36.0 Å². The van der Waals surface area contributed by atoms with Gasteiger partial charge in [0.25, 0.3) is 0 Å². The van der Waals surface area contributed by atoms with Crippen LogP contribution in [0.2, 0.25) is 0 Å². The molecule has 0 saturated carbocycles. The molecule has 1 aliphatic heterocycles. The predicted molar refractivity (Wildman–Crippen MR) is 79.5 cm³/mol. The lowest BCUT2D eigenvalue weighted by Crippen LogP contribution is -2.30. The molecule has 0 radical (unpaired) electrons. The van der Waals surface area contributed by atoms with Gasteiger partial charge < -0.3 is 10.2 Å². The fourth-order valence-corrected chi connectivity index (χ4v) is 2.82. The molecule has 1 aliphatic rings. The Labute approximate surface area is 116 Å². The van der Waals surface area contributed by atoms with Gasteiger partial charge >= 0.3 is 0 Å². The number of nitrogens with one attached hydrogen (secondary N) is 1. The Morgan fingerprint density at radius 2 is 2.26 bits per heavy atom. The van der Waals surface area contributed by atoms with Crippen molar-refractivity contribution in [3.63, 3.8) is 0 Å². The summed E-state index contributed by atoms with van der Waals surface area (Å²) in [5.41, 5.74) is 2.37. The summed E-state index contributed by atoms with van der Waals surface area (Å²) in [6.45, 7) is 8.50. The molecule has 1 fully saturated rings. The van der Waals surface area contributed by atoms with Gasteiger partial charge in [-0.05, 0) is 26.3 Å². The number of rotatable bonds is 5. The van der Waals surface area contributed by atoms with Crippen molar-refractivity contribution in [3.8, 4) is 0 Å². The highest BCUT2D eigenvalue weighted by atomic mass is 15.2. The molecular weight excluding hydrogens is 236 g/mol. The van der Waals surface area contributed by atoms with Crippen LogP contribution >= 0.6 is 0 Å². The van der Waals surface area contributed by atoms with Crippen LogP contribution in [0.1, 0.15) is 57.5 Å². The Kier molecular flexibility index (Phi) is 4.75. The Morgan fingerprint density at radius 3 is 2.89 bits per heavy atom. The summed E-state index contributed by atoms with van der Waals surface area (Å²) in [5.74, 6) is 1.33.